The van der Waals surface area contributed by atoms with Crippen molar-refractivity contribution < 1.29 is 18.7 Å². The number of Topliss-reactive ketones (excluding diaryl/α,β-unsaturated/α-hetero) is 1. The number of methoxy groups -OCH3 is 1. The van der Waals surface area contributed by atoms with Gasteiger partial charge in [-0.2, -0.15) is 0 Å². The molecule has 1 atom stereocenters. The first kappa shape index (κ1) is 14.1. The van der Waals surface area contributed by atoms with Gasteiger partial charge in [-0.3, -0.25) is 4.79 Å². The molecule has 0 saturated heterocycles. The average molecular weight is 274 g/mol. The third-order valence-corrected chi connectivity index (χ3v) is 2.87. The highest BCUT2D eigenvalue weighted by Crippen LogP contribution is 2.27. The number of rotatable bonds is 5. The van der Waals surface area contributed by atoms with Crippen molar-refractivity contribution in [3.8, 4) is 11.5 Å². The Morgan fingerprint density at radius 1 is 1.05 bits per heavy atom. The van der Waals surface area contributed by atoms with E-state index in [9.17, 15) is 9.18 Å². The lowest BCUT2D eigenvalue weighted by Crippen LogP contribution is -2.24. The number of carbonyl (C=O) groups is 1. The predicted octanol–water partition coefficient (Wildman–Crippen LogP) is 3.48. The lowest BCUT2D eigenvalue weighted by atomic mass is 10.1. The molecule has 0 N–H and O–H groups in total. The monoisotopic (exact) mass is 274 g/mol. The van der Waals surface area contributed by atoms with Crippen molar-refractivity contribution in [1.82, 2.24) is 0 Å². The molecule has 0 heterocycles. The highest BCUT2D eigenvalue weighted by molar-refractivity contribution is 5.99. The van der Waals surface area contributed by atoms with Crippen molar-refractivity contribution in [2.45, 2.75) is 13.0 Å². The van der Waals surface area contributed by atoms with Crippen LogP contribution in [0.3, 0.4) is 0 Å². The second-order valence-corrected chi connectivity index (χ2v) is 4.28. The number of benzene rings is 2. The van der Waals surface area contributed by atoms with Gasteiger partial charge >= 0.3 is 0 Å². The second kappa shape index (κ2) is 6.19. The molecule has 1 unspecified atom stereocenters. The van der Waals surface area contributed by atoms with Gasteiger partial charge in [0.05, 0.1) is 7.11 Å². The summed E-state index contributed by atoms with van der Waals surface area (Å²) >= 11 is 0. The van der Waals surface area contributed by atoms with Crippen LogP contribution in [0, 0.1) is 5.82 Å². The quantitative estimate of drug-likeness (QED) is 0.783. The smallest absolute Gasteiger partial charge is 0.202 e. The van der Waals surface area contributed by atoms with Crippen molar-refractivity contribution in [2.75, 3.05) is 7.11 Å². The Hall–Kier alpha value is -2.36. The SMILES string of the molecule is COc1ccccc1OC(C)C(=O)c1ccc(F)cc1. The van der Waals surface area contributed by atoms with Crippen LogP contribution in [-0.2, 0) is 0 Å². The molecular formula is C16H15FO3. The normalized spacial score (nSPS) is 11.8. The van der Waals surface area contributed by atoms with E-state index in [4.69, 9.17) is 9.47 Å². The Bertz CT molecular complexity index is 593. The van der Waals surface area contributed by atoms with Gasteiger partial charge in [-0.15, -0.1) is 0 Å². The van der Waals surface area contributed by atoms with Crippen LogP contribution in [0.4, 0.5) is 4.39 Å². The molecule has 0 spiro atoms. The van der Waals surface area contributed by atoms with Gasteiger partial charge in [0.25, 0.3) is 0 Å². The Labute approximate surface area is 117 Å². The average Bonchev–Trinajstić information content (AvgIpc) is 2.48. The van der Waals surface area contributed by atoms with Gasteiger partial charge in [0.1, 0.15) is 5.82 Å². The summed E-state index contributed by atoms with van der Waals surface area (Å²) in [7, 11) is 1.54. The van der Waals surface area contributed by atoms with Gasteiger partial charge in [0.15, 0.2) is 17.6 Å². The molecule has 2 aromatic rings. The maximum Gasteiger partial charge on any atom is 0.202 e. The summed E-state index contributed by atoms with van der Waals surface area (Å²) in [6.45, 7) is 1.65. The fraction of sp³-hybridized carbons (Fsp3) is 0.188. The molecular weight excluding hydrogens is 259 g/mol. The summed E-state index contributed by atoms with van der Waals surface area (Å²) in [5, 5.41) is 0. The minimum Gasteiger partial charge on any atom is -0.493 e. The van der Waals surface area contributed by atoms with Gasteiger partial charge in [0.2, 0.25) is 5.78 Å². The van der Waals surface area contributed by atoms with Gasteiger partial charge in [-0.1, -0.05) is 12.1 Å². The van der Waals surface area contributed by atoms with Crippen molar-refractivity contribution in [1.29, 1.82) is 0 Å². The number of ketones is 1. The van der Waals surface area contributed by atoms with E-state index in [2.05, 4.69) is 0 Å². The predicted molar refractivity (Wildman–Crippen MR) is 73.8 cm³/mol. The minimum atomic E-state index is -0.684. The summed E-state index contributed by atoms with van der Waals surface area (Å²) in [5.41, 5.74) is 0.411. The van der Waals surface area contributed by atoms with E-state index in [-0.39, 0.29) is 11.6 Å². The van der Waals surface area contributed by atoms with Crippen LogP contribution in [0.25, 0.3) is 0 Å². The Morgan fingerprint density at radius 2 is 1.65 bits per heavy atom. The van der Waals surface area contributed by atoms with E-state index in [1.807, 2.05) is 6.07 Å². The molecule has 0 radical (unpaired) electrons. The van der Waals surface area contributed by atoms with Crippen molar-refractivity contribution in [3.05, 3.63) is 59.9 Å². The van der Waals surface area contributed by atoms with Crippen LogP contribution < -0.4 is 9.47 Å². The van der Waals surface area contributed by atoms with Crippen LogP contribution in [-0.4, -0.2) is 19.0 Å². The van der Waals surface area contributed by atoms with E-state index < -0.39 is 6.10 Å². The zero-order chi connectivity index (χ0) is 14.5. The topological polar surface area (TPSA) is 35.5 Å². The molecule has 4 heteroatoms. The fourth-order valence-electron chi connectivity index (χ4n) is 1.81. The summed E-state index contributed by atoms with van der Waals surface area (Å²) in [4.78, 5) is 12.2. The summed E-state index contributed by atoms with van der Waals surface area (Å²) in [5.74, 6) is 0.472. The Morgan fingerprint density at radius 3 is 2.25 bits per heavy atom. The number of para-hydroxylation sites is 2. The van der Waals surface area contributed by atoms with Crippen LogP contribution in [0.2, 0.25) is 0 Å². The van der Waals surface area contributed by atoms with Crippen molar-refractivity contribution in [3.63, 3.8) is 0 Å². The first-order chi connectivity index (χ1) is 9.61. The molecule has 0 aliphatic carbocycles. The zero-order valence-corrected chi connectivity index (χ0v) is 11.3. The molecule has 0 aliphatic heterocycles. The largest absolute Gasteiger partial charge is 0.493 e. The van der Waals surface area contributed by atoms with Crippen LogP contribution >= 0.6 is 0 Å². The van der Waals surface area contributed by atoms with Gasteiger partial charge in [-0.25, -0.2) is 4.39 Å². The molecule has 0 aromatic heterocycles. The molecule has 0 amide bonds. The number of hydrogen-bond acceptors (Lipinski definition) is 3. The highest BCUT2D eigenvalue weighted by atomic mass is 19.1. The molecule has 20 heavy (non-hydrogen) atoms. The van der Waals surface area contributed by atoms with E-state index >= 15 is 0 Å². The number of hydrogen-bond donors (Lipinski definition) is 0. The van der Waals surface area contributed by atoms with E-state index in [0.717, 1.165) is 0 Å². The Kier molecular flexibility index (Phi) is 4.35. The zero-order valence-electron chi connectivity index (χ0n) is 11.3. The second-order valence-electron chi connectivity index (χ2n) is 4.28. The standard InChI is InChI=1S/C16H15FO3/c1-11(16(18)12-7-9-13(17)10-8-12)20-15-6-4-3-5-14(15)19-2/h3-11H,1-2H3. The highest BCUT2D eigenvalue weighted by Gasteiger charge is 2.18. The maximum atomic E-state index is 12.8. The summed E-state index contributed by atoms with van der Waals surface area (Å²) < 4.78 is 23.6. The third-order valence-electron chi connectivity index (χ3n) is 2.87. The van der Waals surface area contributed by atoms with E-state index in [1.54, 1.807) is 25.1 Å². The van der Waals surface area contributed by atoms with Gasteiger partial charge < -0.3 is 9.47 Å². The van der Waals surface area contributed by atoms with Gasteiger partial charge in [0, 0.05) is 5.56 Å². The molecule has 0 saturated carbocycles. The minimum absolute atomic E-state index is 0.212. The molecule has 3 nitrogen and oxygen atoms in total. The lowest BCUT2D eigenvalue weighted by molar-refractivity contribution is 0.0814. The summed E-state index contributed by atoms with van der Waals surface area (Å²) in [6, 6.07) is 12.5. The van der Waals surface area contributed by atoms with Crippen LogP contribution in [0.5, 0.6) is 11.5 Å². The third kappa shape index (κ3) is 3.15. The van der Waals surface area contributed by atoms with Crippen molar-refractivity contribution in [2.24, 2.45) is 0 Å². The molecule has 0 bridgehead atoms. The Balaban J connectivity index is 2.13. The fourth-order valence-corrected chi connectivity index (χ4v) is 1.81. The number of halogens is 1. The van der Waals surface area contributed by atoms with Gasteiger partial charge in [-0.05, 0) is 43.3 Å². The maximum absolute atomic E-state index is 12.8. The van der Waals surface area contributed by atoms with Crippen LogP contribution in [0.1, 0.15) is 17.3 Å². The summed E-state index contributed by atoms with van der Waals surface area (Å²) in [6.07, 6.45) is -0.684. The first-order valence-electron chi connectivity index (χ1n) is 6.21. The molecule has 104 valence electrons. The number of carbonyl (C=O) groups excluding carboxylic acids is 1. The lowest BCUT2D eigenvalue weighted by Gasteiger charge is -2.15. The van der Waals surface area contributed by atoms with E-state index in [1.165, 1.54) is 31.4 Å². The van der Waals surface area contributed by atoms with Crippen LogP contribution in [0.15, 0.2) is 48.5 Å². The van der Waals surface area contributed by atoms with Crippen molar-refractivity contribution >= 4 is 5.78 Å². The first-order valence-corrected chi connectivity index (χ1v) is 6.21. The molecule has 0 aliphatic rings. The molecule has 2 aromatic carbocycles. The number of ether oxygens (including phenoxy) is 2. The van der Waals surface area contributed by atoms with E-state index in [0.29, 0.717) is 17.1 Å². The molecule has 0 fully saturated rings. The molecule has 2 rings (SSSR count).